The van der Waals surface area contributed by atoms with Gasteiger partial charge in [0.25, 0.3) is 0 Å². The molecule has 8 heteroatoms. The van der Waals surface area contributed by atoms with Crippen LogP contribution in [0.1, 0.15) is 0 Å². The monoisotopic (exact) mass is 682 g/mol. The molecule has 0 saturated heterocycles. The van der Waals surface area contributed by atoms with Gasteiger partial charge >= 0.3 is 0 Å². The molecule has 0 aromatic heterocycles. The maximum absolute atomic E-state index is 15.8. The zero-order valence-electron chi connectivity index (χ0n) is 27.6. The normalized spacial score (nSPS) is 12.5. The van der Waals surface area contributed by atoms with Crippen molar-refractivity contribution >= 4 is 62.3 Å². The van der Waals surface area contributed by atoms with Crippen LogP contribution in [0.2, 0.25) is 39.3 Å². The first kappa shape index (κ1) is 33.9. The highest BCUT2D eigenvalue weighted by Gasteiger charge is 2.39. The number of rotatable bonds is 12. The average molecular weight is 683 g/mol. The molecule has 0 fully saturated rings. The Morgan fingerprint density at radius 3 is 0.891 bits per heavy atom. The standard InChI is InChI=1S/C38H44O4P2Si2/c1-45(2,3)29-41-35-27-38(44(40,33-23-15-9-16-24-33)34-25-17-10-18-26-34)36(42-30-46(4,5)6)28-37(35)43(39,31-19-11-7-12-20-31)32-21-13-8-14-22-32/h7-28H,29-30H2,1-6H3. The molecule has 46 heavy (non-hydrogen) atoms. The van der Waals surface area contributed by atoms with Crippen molar-refractivity contribution in [3.63, 3.8) is 0 Å². The largest absolute Gasteiger partial charge is 0.496 e. The Hall–Kier alpha value is -3.41. The van der Waals surface area contributed by atoms with Crippen molar-refractivity contribution in [2.45, 2.75) is 39.3 Å². The van der Waals surface area contributed by atoms with Crippen LogP contribution in [0.5, 0.6) is 11.5 Å². The SMILES string of the molecule is C[Si](C)(C)COc1cc(P(=O)(c2ccccc2)c2ccccc2)c(OC[Si](C)(C)C)cc1P(=O)(c1ccccc1)c1ccccc1. The van der Waals surface area contributed by atoms with Gasteiger partial charge in [0.2, 0.25) is 0 Å². The second-order valence-electron chi connectivity index (χ2n) is 14.0. The Kier molecular flexibility index (Phi) is 10.1. The van der Waals surface area contributed by atoms with E-state index in [-0.39, 0.29) is 0 Å². The Balaban J connectivity index is 1.89. The van der Waals surface area contributed by atoms with Gasteiger partial charge in [0.1, 0.15) is 11.5 Å². The number of ether oxygens (including phenoxy) is 2. The topological polar surface area (TPSA) is 52.6 Å². The van der Waals surface area contributed by atoms with E-state index in [4.69, 9.17) is 9.47 Å². The minimum absolute atomic E-state index is 0.487. The molecule has 0 N–H and O–H groups in total. The molecule has 238 valence electrons. The Labute approximate surface area is 276 Å². The number of hydrogen-bond donors (Lipinski definition) is 0. The van der Waals surface area contributed by atoms with Gasteiger partial charge in [-0.3, -0.25) is 0 Å². The summed E-state index contributed by atoms with van der Waals surface area (Å²) in [6.45, 7) is 13.5. The van der Waals surface area contributed by atoms with Crippen LogP contribution in [0.4, 0.5) is 0 Å². The van der Waals surface area contributed by atoms with Gasteiger partial charge < -0.3 is 18.6 Å². The van der Waals surface area contributed by atoms with Crippen LogP contribution in [0, 0.1) is 0 Å². The predicted molar refractivity (Wildman–Crippen MR) is 203 cm³/mol. The highest BCUT2D eigenvalue weighted by Crippen LogP contribution is 2.50. The Morgan fingerprint density at radius 1 is 0.435 bits per heavy atom. The van der Waals surface area contributed by atoms with E-state index in [9.17, 15) is 0 Å². The summed E-state index contributed by atoms with van der Waals surface area (Å²) in [6.07, 6.45) is 1.03. The van der Waals surface area contributed by atoms with E-state index in [1.807, 2.05) is 133 Å². The second-order valence-corrected chi connectivity index (χ2v) is 30.3. The summed E-state index contributed by atoms with van der Waals surface area (Å²) in [4.78, 5) is 0. The summed E-state index contributed by atoms with van der Waals surface area (Å²) in [5.74, 6) is 0.974. The average Bonchev–Trinajstić information content (AvgIpc) is 3.06. The van der Waals surface area contributed by atoms with E-state index in [1.165, 1.54) is 0 Å². The molecule has 0 radical (unpaired) electrons. The lowest BCUT2D eigenvalue weighted by molar-refractivity contribution is 0.372. The lowest BCUT2D eigenvalue weighted by Crippen LogP contribution is -2.36. The maximum Gasteiger partial charge on any atom is 0.174 e. The highest BCUT2D eigenvalue weighted by molar-refractivity contribution is 7.86. The number of benzene rings is 5. The quantitative estimate of drug-likeness (QED) is 0.101. The fraction of sp³-hybridized carbons (Fsp3) is 0.211. The summed E-state index contributed by atoms with van der Waals surface area (Å²) < 4.78 is 45.1. The molecule has 0 atom stereocenters. The van der Waals surface area contributed by atoms with Crippen molar-refractivity contribution in [1.82, 2.24) is 0 Å². The maximum atomic E-state index is 15.8. The van der Waals surface area contributed by atoms with Crippen LogP contribution in [-0.2, 0) is 9.13 Å². The van der Waals surface area contributed by atoms with Crippen molar-refractivity contribution in [2.75, 3.05) is 12.5 Å². The van der Waals surface area contributed by atoms with E-state index < -0.39 is 30.4 Å². The molecule has 0 saturated carbocycles. The van der Waals surface area contributed by atoms with Crippen LogP contribution in [-0.4, -0.2) is 28.6 Å². The second kappa shape index (κ2) is 13.8. The molecule has 0 unspecified atom stereocenters. The third kappa shape index (κ3) is 7.42. The Morgan fingerprint density at radius 2 is 0.674 bits per heavy atom. The van der Waals surface area contributed by atoms with Crippen molar-refractivity contribution in [3.05, 3.63) is 133 Å². The van der Waals surface area contributed by atoms with Crippen molar-refractivity contribution < 1.29 is 18.6 Å². The van der Waals surface area contributed by atoms with Crippen molar-refractivity contribution in [2.24, 2.45) is 0 Å². The van der Waals surface area contributed by atoms with Gasteiger partial charge in [0.05, 0.1) is 39.2 Å². The van der Waals surface area contributed by atoms with Crippen LogP contribution in [0.25, 0.3) is 0 Å². The third-order valence-electron chi connectivity index (χ3n) is 7.52. The molecule has 0 aliphatic carbocycles. The first-order chi connectivity index (χ1) is 21.8. The lowest BCUT2D eigenvalue weighted by Gasteiger charge is -2.29. The van der Waals surface area contributed by atoms with Gasteiger partial charge in [-0.1, -0.05) is 161 Å². The van der Waals surface area contributed by atoms with E-state index in [2.05, 4.69) is 39.3 Å². The third-order valence-corrected chi connectivity index (χ3v) is 15.7. The minimum Gasteiger partial charge on any atom is -0.496 e. The van der Waals surface area contributed by atoms with Gasteiger partial charge in [0, 0.05) is 21.2 Å². The van der Waals surface area contributed by atoms with Crippen molar-refractivity contribution in [1.29, 1.82) is 0 Å². The molecule has 0 amide bonds. The molecular weight excluding hydrogens is 639 g/mol. The molecule has 0 bridgehead atoms. The first-order valence-electron chi connectivity index (χ1n) is 15.7. The smallest absolute Gasteiger partial charge is 0.174 e. The van der Waals surface area contributed by atoms with E-state index in [1.54, 1.807) is 0 Å². The van der Waals surface area contributed by atoms with Crippen molar-refractivity contribution in [3.8, 4) is 11.5 Å². The van der Waals surface area contributed by atoms with E-state index >= 15 is 9.13 Å². The molecule has 5 rings (SSSR count). The van der Waals surface area contributed by atoms with Gasteiger partial charge in [-0.2, -0.15) is 0 Å². The summed E-state index contributed by atoms with van der Waals surface area (Å²) in [6, 6.07) is 42.2. The van der Waals surface area contributed by atoms with Gasteiger partial charge in [-0.25, -0.2) is 0 Å². The van der Waals surface area contributed by atoms with Crippen LogP contribution < -0.4 is 41.3 Å². The van der Waals surface area contributed by atoms with Crippen LogP contribution in [0.15, 0.2) is 133 Å². The van der Waals surface area contributed by atoms with Crippen LogP contribution >= 0.6 is 14.3 Å². The van der Waals surface area contributed by atoms with Gasteiger partial charge in [0.15, 0.2) is 14.3 Å². The summed E-state index contributed by atoms with van der Waals surface area (Å²) in [5, 5.41) is 3.94. The van der Waals surface area contributed by atoms with Crippen LogP contribution in [0.3, 0.4) is 0 Å². The molecule has 4 nitrogen and oxygen atoms in total. The Bertz CT molecular complexity index is 1630. The van der Waals surface area contributed by atoms with E-state index in [0.29, 0.717) is 55.8 Å². The predicted octanol–water partition coefficient (Wildman–Crippen LogP) is 7.48. The molecule has 0 aliphatic heterocycles. The fourth-order valence-corrected chi connectivity index (χ4v) is 12.0. The summed E-state index contributed by atoms with van der Waals surface area (Å²) in [7, 11) is -10.4. The van der Waals surface area contributed by atoms with E-state index in [0.717, 1.165) is 0 Å². The zero-order valence-corrected chi connectivity index (χ0v) is 31.4. The summed E-state index contributed by atoms with van der Waals surface area (Å²) in [5.41, 5.74) is 0. The van der Waals surface area contributed by atoms with Gasteiger partial charge in [-0.15, -0.1) is 0 Å². The lowest BCUT2D eigenvalue weighted by atomic mass is 10.3. The summed E-state index contributed by atoms with van der Waals surface area (Å²) >= 11 is 0. The highest BCUT2D eigenvalue weighted by atomic mass is 31.2. The number of hydrogen-bond acceptors (Lipinski definition) is 4. The molecule has 5 aromatic rings. The molecule has 0 heterocycles. The molecule has 0 aliphatic rings. The molecule has 0 spiro atoms. The minimum atomic E-state index is -3.47. The molecular formula is C38H44O4P2Si2. The fourth-order valence-electron chi connectivity index (χ4n) is 5.26. The zero-order chi connectivity index (χ0) is 33.0. The molecule has 5 aromatic carbocycles. The first-order valence-corrected chi connectivity index (χ1v) is 26.5. The van der Waals surface area contributed by atoms with Gasteiger partial charge in [-0.05, 0) is 12.1 Å².